The zero-order valence-electron chi connectivity index (χ0n) is 14.7. The largest absolute Gasteiger partial charge is 0.325 e. The first-order valence-corrected chi connectivity index (χ1v) is 10.0. The second-order valence-corrected chi connectivity index (χ2v) is 8.32. The third-order valence-electron chi connectivity index (χ3n) is 4.83. The van der Waals surface area contributed by atoms with Gasteiger partial charge in [0.05, 0.1) is 5.25 Å². The summed E-state index contributed by atoms with van der Waals surface area (Å²) in [4.78, 5) is 12.5. The highest BCUT2D eigenvalue weighted by molar-refractivity contribution is 8.00. The minimum absolute atomic E-state index is 0.00701. The molecular formula is C19H24N4OS. The standard InChI is InChI=1S/C19H24N4OS/c1-3-13-4-8-15(9-5-13)20-18(24)12(2)25-19-22-21-17(14-6-7-14)23(19)16-10-11-16/h4-5,8-9,12,14,16H,3,6-7,10-11H2,1-2H3,(H,20,24)/t12-/m1/s1. The molecule has 1 amide bonds. The fourth-order valence-electron chi connectivity index (χ4n) is 2.94. The summed E-state index contributed by atoms with van der Waals surface area (Å²) in [7, 11) is 0. The lowest BCUT2D eigenvalue weighted by Crippen LogP contribution is -2.23. The van der Waals surface area contributed by atoms with Gasteiger partial charge in [-0.25, -0.2) is 0 Å². The lowest BCUT2D eigenvalue weighted by molar-refractivity contribution is -0.115. The molecule has 0 radical (unpaired) electrons. The van der Waals surface area contributed by atoms with E-state index in [1.54, 1.807) is 0 Å². The molecule has 2 fully saturated rings. The first kappa shape index (κ1) is 16.6. The number of hydrogen-bond acceptors (Lipinski definition) is 4. The average Bonchev–Trinajstić information content (AvgIpc) is 3.54. The van der Waals surface area contributed by atoms with E-state index in [1.165, 1.54) is 43.0 Å². The molecule has 0 saturated heterocycles. The fourth-order valence-corrected chi connectivity index (χ4v) is 3.87. The summed E-state index contributed by atoms with van der Waals surface area (Å²) < 4.78 is 2.29. The van der Waals surface area contributed by atoms with Crippen molar-refractivity contribution in [2.24, 2.45) is 0 Å². The minimum atomic E-state index is -0.209. The quantitative estimate of drug-likeness (QED) is 0.756. The lowest BCUT2D eigenvalue weighted by atomic mass is 10.1. The molecule has 5 nitrogen and oxygen atoms in total. The Balaban J connectivity index is 1.42. The Bertz CT molecular complexity index is 762. The van der Waals surface area contributed by atoms with Crippen LogP contribution in [0.5, 0.6) is 0 Å². The summed E-state index contributed by atoms with van der Waals surface area (Å²) in [5, 5.41) is 12.5. The van der Waals surface area contributed by atoms with Crippen molar-refractivity contribution in [2.45, 2.75) is 68.3 Å². The topological polar surface area (TPSA) is 59.8 Å². The normalized spacial score (nSPS) is 18.2. The maximum absolute atomic E-state index is 12.5. The number of anilines is 1. The number of aromatic nitrogens is 3. The van der Waals surface area contributed by atoms with Crippen molar-refractivity contribution in [1.82, 2.24) is 14.8 Å². The highest BCUT2D eigenvalue weighted by Crippen LogP contribution is 2.46. The van der Waals surface area contributed by atoms with Crippen LogP contribution in [0.25, 0.3) is 0 Å². The summed E-state index contributed by atoms with van der Waals surface area (Å²) >= 11 is 1.52. The van der Waals surface area contributed by atoms with Crippen LogP contribution < -0.4 is 5.32 Å². The zero-order valence-corrected chi connectivity index (χ0v) is 15.6. The second-order valence-electron chi connectivity index (χ2n) is 7.02. The van der Waals surface area contributed by atoms with E-state index in [-0.39, 0.29) is 11.2 Å². The van der Waals surface area contributed by atoms with Crippen molar-refractivity contribution in [2.75, 3.05) is 5.32 Å². The summed E-state index contributed by atoms with van der Waals surface area (Å²) in [5.74, 6) is 1.73. The maximum Gasteiger partial charge on any atom is 0.237 e. The second kappa shape index (κ2) is 6.83. The minimum Gasteiger partial charge on any atom is -0.325 e. The number of rotatable bonds is 7. The van der Waals surface area contributed by atoms with Crippen LogP contribution >= 0.6 is 11.8 Å². The van der Waals surface area contributed by atoms with Gasteiger partial charge in [-0.2, -0.15) is 0 Å². The van der Waals surface area contributed by atoms with Crippen LogP contribution in [-0.2, 0) is 11.2 Å². The number of carbonyl (C=O) groups excluding carboxylic acids is 1. The van der Waals surface area contributed by atoms with Crippen molar-refractivity contribution >= 4 is 23.4 Å². The summed E-state index contributed by atoms with van der Waals surface area (Å²) in [6, 6.07) is 8.58. The molecule has 0 bridgehead atoms. The van der Waals surface area contributed by atoms with Crippen LogP contribution in [0.3, 0.4) is 0 Å². The van der Waals surface area contributed by atoms with Gasteiger partial charge in [0.1, 0.15) is 5.82 Å². The van der Waals surface area contributed by atoms with Gasteiger partial charge in [0.15, 0.2) is 5.16 Å². The highest BCUT2D eigenvalue weighted by atomic mass is 32.2. The molecule has 1 heterocycles. The molecule has 1 aromatic carbocycles. The van der Waals surface area contributed by atoms with Gasteiger partial charge in [0, 0.05) is 17.6 Å². The van der Waals surface area contributed by atoms with E-state index in [0.29, 0.717) is 12.0 Å². The van der Waals surface area contributed by atoms with Gasteiger partial charge in [-0.15, -0.1) is 10.2 Å². The zero-order chi connectivity index (χ0) is 17.4. The molecule has 2 aromatic rings. The number of nitrogens with one attached hydrogen (secondary N) is 1. The average molecular weight is 356 g/mol. The lowest BCUT2D eigenvalue weighted by Gasteiger charge is -2.13. The molecule has 1 N–H and O–H groups in total. The van der Waals surface area contributed by atoms with Crippen molar-refractivity contribution in [3.63, 3.8) is 0 Å². The van der Waals surface area contributed by atoms with Crippen LogP contribution in [0.2, 0.25) is 0 Å². The molecule has 0 spiro atoms. The third kappa shape index (κ3) is 3.73. The number of aryl methyl sites for hydroxylation is 1. The van der Waals surface area contributed by atoms with Crippen LogP contribution in [0.15, 0.2) is 29.4 Å². The van der Waals surface area contributed by atoms with E-state index in [2.05, 4.69) is 39.1 Å². The van der Waals surface area contributed by atoms with Gasteiger partial charge in [-0.05, 0) is 56.7 Å². The number of benzene rings is 1. The Kier molecular flexibility index (Phi) is 4.54. The molecule has 2 aliphatic carbocycles. The monoisotopic (exact) mass is 356 g/mol. The van der Waals surface area contributed by atoms with Crippen LogP contribution in [0.1, 0.15) is 62.9 Å². The van der Waals surface area contributed by atoms with Gasteiger partial charge >= 0.3 is 0 Å². The van der Waals surface area contributed by atoms with E-state index in [1.807, 2.05) is 19.1 Å². The molecular weight excluding hydrogens is 332 g/mol. The van der Waals surface area contributed by atoms with E-state index in [4.69, 9.17) is 0 Å². The molecule has 2 aliphatic rings. The first-order valence-electron chi connectivity index (χ1n) is 9.17. The van der Waals surface area contributed by atoms with E-state index in [0.717, 1.165) is 23.1 Å². The van der Waals surface area contributed by atoms with Gasteiger partial charge in [-0.1, -0.05) is 30.8 Å². The number of thioether (sulfide) groups is 1. The van der Waals surface area contributed by atoms with Crippen molar-refractivity contribution in [3.05, 3.63) is 35.7 Å². The predicted molar refractivity (Wildman–Crippen MR) is 100 cm³/mol. The molecule has 4 rings (SSSR count). The Labute approximate surface area is 152 Å². The number of amides is 1. The fraction of sp³-hybridized carbons (Fsp3) is 0.526. The van der Waals surface area contributed by atoms with Gasteiger partial charge in [0.2, 0.25) is 5.91 Å². The smallest absolute Gasteiger partial charge is 0.237 e. The molecule has 1 aromatic heterocycles. The Hall–Kier alpha value is -1.82. The Morgan fingerprint density at radius 2 is 1.96 bits per heavy atom. The first-order chi connectivity index (χ1) is 12.2. The molecule has 6 heteroatoms. The summed E-state index contributed by atoms with van der Waals surface area (Å²) in [6.45, 7) is 4.06. The van der Waals surface area contributed by atoms with Gasteiger partial charge in [0.25, 0.3) is 0 Å². The Morgan fingerprint density at radius 1 is 1.24 bits per heavy atom. The predicted octanol–water partition coefficient (Wildman–Crippen LogP) is 4.17. The van der Waals surface area contributed by atoms with Crippen molar-refractivity contribution in [1.29, 1.82) is 0 Å². The summed E-state index contributed by atoms with van der Waals surface area (Å²) in [6.07, 6.45) is 5.85. The SMILES string of the molecule is CCc1ccc(NC(=O)[C@@H](C)Sc2nnc(C3CC3)n2C2CC2)cc1. The molecule has 2 saturated carbocycles. The maximum atomic E-state index is 12.5. The van der Waals surface area contributed by atoms with E-state index < -0.39 is 0 Å². The molecule has 132 valence electrons. The summed E-state index contributed by atoms with van der Waals surface area (Å²) in [5.41, 5.74) is 2.11. The molecule has 0 aliphatic heterocycles. The molecule has 0 unspecified atom stereocenters. The highest BCUT2D eigenvalue weighted by Gasteiger charge is 2.37. The van der Waals surface area contributed by atoms with Crippen LogP contribution in [0, 0.1) is 0 Å². The van der Waals surface area contributed by atoms with Crippen LogP contribution in [0.4, 0.5) is 5.69 Å². The van der Waals surface area contributed by atoms with Crippen molar-refractivity contribution in [3.8, 4) is 0 Å². The van der Waals surface area contributed by atoms with Gasteiger partial charge < -0.3 is 9.88 Å². The number of hydrogen-bond donors (Lipinski definition) is 1. The number of carbonyl (C=O) groups is 1. The van der Waals surface area contributed by atoms with Crippen LogP contribution in [-0.4, -0.2) is 25.9 Å². The van der Waals surface area contributed by atoms with Crippen molar-refractivity contribution < 1.29 is 4.79 Å². The van der Waals surface area contributed by atoms with E-state index in [9.17, 15) is 4.79 Å². The van der Waals surface area contributed by atoms with E-state index >= 15 is 0 Å². The molecule has 1 atom stereocenters. The third-order valence-corrected chi connectivity index (χ3v) is 5.88. The number of nitrogens with zero attached hydrogens (tertiary/aromatic N) is 3. The van der Waals surface area contributed by atoms with Gasteiger partial charge in [-0.3, -0.25) is 4.79 Å². The Morgan fingerprint density at radius 3 is 2.56 bits per heavy atom. The molecule has 25 heavy (non-hydrogen) atoms.